The summed E-state index contributed by atoms with van der Waals surface area (Å²) >= 11 is 6.02. The van der Waals surface area contributed by atoms with Gasteiger partial charge in [0.15, 0.2) is 5.11 Å². The highest BCUT2D eigenvalue weighted by Gasteiger charge is 2.42. The zero-order valence-corrected chi connectivity index (χ0v) is 26.7. The molecule has 6 rings (SSSR count). The molecule has 0 radical (unpaired) electrons. The van der Waals surface area contributed by atoms with Gasteiger partial charge in [-0.05, 0) is 73.4 Å². The van der Waals surface area contributed by atoms with Crippen LogP contribution >= 0.6 is 12.2 Å². The molecular formula is C36H37N5O2S. The lowest BCUT2D eigenvalue weighted by molar-refractivity contribution is -0.123. The van der Waals surface area contributed by atoms with E-state index in [0.29, 0.717) is 16.5 Å². The first kappa shape index (κ1) is 29.4. The minimum atomic E-state index is -0.544. The molecule has 0 aliphatic carbocycles. The van der Waals surface area contributed by atoms with E-state index < -0.39 is 5.41 Å². The fourth-order valence-electron chi connectivity index (χ4n) is 6.05. The predicted molar refractivity (Wildman–Crippen MR) is 182 cm³/mol. The highest BCUT2D eigenvalue weighted by molar-refractivity contribution is 7.80. The second-order valence-electron chi connectivity index (χ2n) is 12.2. The summed E-state index contributed by atoms with van der Waals surface area (Å²) in [4.78, 5) is 19.7. The molecule has 8 heteroatoms. The topological polar surface area (TPSA) is 71.4 Å². The number of thiocarbonyl (C=S) groups is 1. The van der Waals surface area contributed by atoms with E-state index in [0.717, 1.165) is 34.0 Å². The van der Waals surface area contributed by atoms with Crippen LogP contribution in [0.1, 0.15) is 55.5 Å². The summed E-state index contributed by atoms with van der Waals surface area (Å²) in [6.07, 6.45) is 1.81. The molecule has 7 nitrogen and oxygen atoms in total. The van der Waals surface area contributed by atoms with E-state index in [2.05, 4.69) is 82.5 Å². The molecule has 1 saturated heterocycles. The van der Waals surface area contributed by atoms with Crippen LogP contribution in [0.2, 0.25) is 0 Å². The van der Waals surface area contributed by atoms with E-state index in [1.165, 1.54) is 10.8 Å². The quantitative estimate of drug-likeness (QED) is 0.193. The van der Waals surface area contributed by atoms with Crippen molar-refractivity contribution in [3.63, 3.8) is 0 Å². The molecule has 0 bridgehead atoms. The normalized spacial score (nSPS) is 16.7. The number of rotatable bonds is 6. The monoisotopic (exact) mass is 603 g/mol. The molecule has 1 aliphatic rings. The van der Waals surface area contributed by atoms with Gasteiger partial charge in [-0.1, -0.05) is 63.2 Å². The van der Waals surface area contributed by atoms with E-state index in [1.54, 1.807) is 7.11 Å². The number of benzene rings is 3. The molecule has 0 spiro atoms. The van der Waals surface area contributed by atoms with Gasteiger partial charge >= 0.3 is 0 Å². The molecule has 3 aromatic carbocycles. The molecule has 0 saturated carbocycles. The van der Waals surface area contributed by atoms with Crippen molar-refractivity contribution in [3.05, 3.63) is 114 Å². The molecule has 44 heavy (non-hydrogen) atoms. The van der Waals surface area contributed by atoms with Crippen LogP contribution in [-0.4, -0.2) is 27.7 Å². The number of ether oxygens (including phenoxy) is 1. The number of hydrogen-bond acceptors (Lipinski definition) is 4. The Morgan fingerprint density at radius 2 is 1.73 bits per heavy atom. The Labute approximate surface area is 263 Å². The van der Waals surface area contributed by atoms with Gasteiger partial charge < -0.3 is 24.8 Å². The Hall–Kier alpha value is -4.69. The predicted octanol–water partition coefficient (Wildman–Crippen LogP) is 7.81. The summed E-state index contributed by atoms with van der Waals surface area (Å²) < 4.78 is 8.10. The maximum Gasteiger partial charge on any atom is 0.229 e. The Morgan fingerprint density at radius 1 is 0.977 bits per heavy atom. The minimum Gasteiger partial charge on any atom is -0.494 e. The lowest BCUT2D eigenvalue weighted by Crippen LogP contribution is -2.30. The molecule has 3 heterocycles. The number of pyridine rings is 1. The molecule has 1 fully saturated rings. The largest absolute Gasteiger partial charge is 0.494 e. The summed E-state index contributed by atoms with van der Waals surface area (Å²) in [6.45, 7) is 9.97. The third-order valence-electron chi connectivity index (χ3n) is 8.29. The van der Waals surface area contributed by atoms with Crippen LogP contribution in [0.25, 0.3) is 16.5 Å². The number of nitrogens with zero attached hydrogens (tertiary/aromatic N) is 3. The Morgan fingerprint density at radius 3 is 2.45 bits per heavy atom. The number of aromatic nitrogens is 2. The first-order valence-electron chi connectivity index (χ1n) is 14.8. The van der Waals surface area contributed by atoms with E-state index >= 15 is 0 Å². The molecule has 224 valence electrons. The van der Waals surface area contributed by atoms with Crippen LogP contribution in [0, 0.1) is 19.3 Å². The van der Waals surface area contributed by atoms with Gasteiger partial charge in [0.05, 0.1) is 36.3 Å². The molecule has 1 aliphatic heterocycles. The van der Waals surface area contributed by atoms with Crippen molar-refractivity contribution < 1.29 is 9.53 Å². The number of fused-ring (bicyclic) bond motifs is 1. The molecule has 2 N–H and O–H groups in total. The first-order valence-corrected chi connectivity index (χ1v) is 15.2. The smallest absolute Gasteiger partial charge is 0.229 e. The lowest BCUT2D eigenvalue weighted by Gasteiger charge is -2.29. The van der Waals surface area contributed by atoms with Crippen molar-refractivity contribution in [1.82, 2.24) is 14.9 Å². The summed E-state index contributed by atoms with van der Waals surface area (Å²) in [5.74, 6) is 0.472. The van der Waals surface area contributed by atoms with Gasteiger partial charge in [-0.2, -0.15) is 0 Å². The fraction of sp³-hybridized carbons (Fsp3) is 0.250. The van der Waals surface area contributed by atoms with Gasteiger partial charge in [0.1, 0.15) is 5.75 Å². The van der Waals surface area contributed by atoms with Crippen LogP contribution < -0.4 is 20.3 Å². The summed E-state index contributed by atoms with van der Waals surface area (Å²) in [5.41, 5.74) is 6.36. The van der Waals surface area contributed by atoms with Crippen molar-refractivity contribution in [3.8, 4) is 11.4 Å². The van der Waals surface area contributed by atoms with Gasteiger partial charge in [-0.25, -0.2) is 0 Å². The highest BCUT2D eigenvalue weighted by Crippen LogP contribution is 2.45. The third kappa shape index (κ3) is 5.19. The number of amides is 1. The van der Waals surface area contributed by atoms with E-state index in [1.807, 2.05) is 63.4 Å². The van der Waals surface area contributed by atoms with Crippen LogP contribution in [-0.2, 0) is 4.79 Å². The zero-order valence-electron chi connectivity index (χ0n) is 25.9. The fourth-order valence-corrected chi connectivity index (χ4v) is 6.40. The van der Waals surface area contributed by atoms with Crippen molar-refractivity contribution in [2.75, 3.05) is 17.3 Å². The average Bonchev–Trinajstić information content (AvgIpc) is 3.51. The van der Waals surface area contributed by atoms with Gasteiger partial charge in [0.25, 0.3) is 0 Å². The molecule has 2 unspecified atom stereocenters. The molecular weight excluding hydrogens is 566 g/mol. The van der Waals surface area contributed by atoms with Crippen LogP contribution in [0.15, 0.2) is 91.1 Å². The van der Waals surface area contributed by atoms with Gasteiger partial charge in [0.2, 0.25) is 5.91 Å². The number of carbonyl (C=O) groups excluding carboxylic acids is 1. The summed E-state index contributed by atoms with van der Waals surface area (Å²) in [5, 5.41) is 9.57. The van der Waals surface area contributed by atoms with E-state index in [4.69, 9.17) is 21.9 Å². The number of nitrogens with one attached hydrogen (secondary N) is 2. The van der Waals surface area contributed by atoms with Crippen LogP contribution in [0.4, 0.5) is 11.4 Å². The van der Waals surface area contributed by atoms with E-state index in [9.17, 15) is 4.79 Å². The van der Waals surface area contributed by atoms with Crippen LogP contribution in [0.3, 0.4) is 0 Å². The third-order valence-corrected chi connectivity index (χ3v) is 8.60. The number of methoxy groups -OCH3 is 1. The highest BCUT2D eigenvalue weighted by atomic mass is 32.1. The lowest BCUT2D eigenvalue weighted by atomic mass is 9.95. The maximum absolute atomic E-state index is 12.8. The van der Waals surface area contributed by atoms with Crippen molar-refractivity contribution in [1.29, 1.82) is 0 Å². The minimum absolute atomic E-state index is 0.0871. The Bertz CT molecular complexity index is 1870. The number of aryl methyl sites for hydroxylation is 1. The Balaban J connectivity index is 1.49. The first-order chi connectivity index (χ1) is 21.1. The molecule has 5 aromatic rings. The number of carbonyl (C=O) groups is 1. The van der Waals surface area contributed by atoms with Gasteiger partial charge in [-0.3, -0.25) is 9.78 Å². The van der Waals surface area contributed by atoms with Crippen LogP contribution in [0.5, 0.6) is 5.75 Å². The van der Waals surface area contributed by atoms with Crippen molar-refractivity contribution in [2.45, 2.75) is 46.7 Å². The maximum atomic E-state index is 12.8. The Kier molecular flexibility index (Phi) is 7.63. The molecule has 1 amide bonds. The van der Waals surface area contributed by atoms with Gasteiger partial charge in [-0.15, -0.1) is 0 Å². The SMILES string of the molecule is COc1cc(N2C(=S)NC(c3ccccn3)C2c2cc(C)n(-c3cccc4ccccc34)c2C)ccc1NC(=O)C(C)(C)C. The zero-order chi connectivity index (χ0) is 31.2. The molecule has 2 atom stereocenters. The number of anilines is 2. The van der Waals surface area contributed by atoms with E-state index in [-0.39, 0.29) is 18.0 Å². The number of hydrogen-bond donors (Lipinski definition) is 2. The summed E-state index contributed by atoms with van der Waals surface area (Å²) in [7, 11) is 1.61. The summed E-state index contributed by atoms with van der Waals surface area (Å²) in [6, 6.07) is 28.5. The standard InChI is InChI=1S/C36H37N5O2S/c1-22-20-27(23(2)40(22)30-16-11-13-24-12-7-8-14-26(24)30)33-32(29-15-9-10-19-37-29)39-35(44)41(33)25-17-18-28(31(21-25)43-6)38-34(42)36(3,4)5/h7-21,32-33H,1-6H3,(H,38,42)(H,39,44). The van der Waals surface area contributed by atoms with Crippen molar-refractivity contribution in [2.24, 2.45) is 5.41 Å². The average molecular weight is 604 g/mol. The second-order valence-corrected chi connectivity index (χ2v) is 12.6. The second kappa shape index (κ2) is 11.4. The van der Waals surface area contributed by atoms with Gasteiger partial charge in [0, 0.05) is 40.1 Å². The molecule has 2 aromatic heterocycles. The van der Waals surface area contributed by atoms with Crippen molar-refractivity contribution >= 4 is 45.4 Å².